The van der Waals surface area contributed by atoms with Crippen molar-refractivity contribution in [3.63, 3.8) is 0 Å². The van der Waals surface area contributed by atoms with Crippen molar-refractivity contribution >= 4 is 11.3 Å². The third-order valence-electron chi connectivity index (χ3n) is 2.62. The van der Waals surface area contributed by atoms with E-state index in [1.165, 1.54) is 15.4 Å². The summed E-state index contributed by atoms with van der Waals surface area (Å²) < 4.78 is 0. The van der Waals surface area contributed by atoms with Gasteiger partial charge >= 0.3 is 0 Å². The largest absolute Gasteiger partial charge is 0.330 e. The zero-order valence-corrected chi connectivity index (χ0v) is 11.0. The lowest BCUT2D eigenvalue weighted by molar-refractivity contribution is 0.909. The number of nitrogens with two attached hydrogens (primary N) is 1. The molecule has 0 fully saturated rings. The minimum absolute atomic E-state index is 0.688. The van der Waals surface area contributed by atoms with Crippen molar-refractivity contribution in [1.29, 1.82) is 0 Å². The Bertz CT molecular complexity index is 462. The molecule has 0 aliphatic heterocycles. The van der Waals surface area contributed by atoms with Crippen molar-refractivity contribution in [3.8, 4) is 11.3 Å². The van der Waals surface area contributed by atoms with Crippen LogP contribution in [0.2, 0.25) is 0 Å². The Morgan fingerprint density at radius 3 is 2.59 bits per heavy atom. The molecule has 90 valence electrons. The molecule has 0 bridgehead atoms. The van der Waals surface area contributed by atoms with E-state index in [4.69, 9.17) is 10.7 Å². The summed E-state index contributed by atoms with van der Waals surface area (Å²) in [5.74, 6) is 0. The molecule has 0 spiro atoms. The molecule has 17 heavy (non-hydrogen) atoms. The number of aryl methyl sites for hydroxylation is 1. The van der Waals surface area contributed by atoms with E-state index in [0.29, 0.717) is 6.54 Å². The summed E-state index contributed by atoms with van der Waals surface area (Å²) in [5.41, 5.74) is 8.00. The highest BCUT2D eigenvalue weighted by Gasteiger charge is 2.11. The van der Waals surface area contributed by atoms with Crippen molar-refractivity contribution in [1.82, 2.24) is 4.98 Å². The second kappa shape index (κ2) is 5.94. The highest BCUT2D eigenvalue weighted by atomic mass is 32.1. The van der Waals surface area contributed by atoms with Gasteiger partial charge in [-0.1, -0.05) is 37.3 Å². The Kier molecular flexibility index (Phi) is 4.29. The van der Waals surface area contributed by atoms with Crippen molar-refractivity contribution in [2.45, 2.75) is 26.2 Å². The van der Waals surface area contributed by atoms with Gasteiger partial charge in [-0.25, -0.2) is 4.98 Å². The Hall–Kier alpha value is -1.19. The first-order valence-electron chi connectivity index (χ1n) is 6.09. The fourth-order valence-electron chi connectivity index (χ4n) is 1.84. The maximum Gasteiger partial charge on any atom is 0.0935 e. The van der Waals surface area contributed by atoms with Gasteiger partial charge in [0.15, 0.2) is 0 Å². The lowest BCUT2D eigenvalue weighted by Gasteiger charge is -2.00. The Balaban J connectivity index is 2.37. The summed E-state index contributed by atoms with van der Waals surface area (Å²) in [6.07, 6.45) is 3.13. The number of hydrogen-bond donors (Lipinski definition) is 1. The van der Waals surface area contributed by atoms with E-state index in [-0.39, 0.29) is 0 Å². The van der Waals surface area contributed by atoms with Crippen LogP contribution < -0.4 is 5.73 Å². The molecular weight excluding hydrogens is 228 g/mol. The molecule has 2 rings (SSSR count). The van der Waals surface area contributed by atoms with Crippen molar-refractivity contribution in [2.24, 2.45) is 5.73 Å². The summed E-state index contributed by atoms with van der Waals surface area (Å²) in [6.45, 7) is 2.87. The van der Waals surface area contributed by atoms with Crippen molar-refractivity contribution < 1.29 is 0 Å². The minimum Gasteiger partial charge on any atom is -0.330 e. The molecular formula is C14H18N2S. The second-order valence-corrected chi connectivity index (χ2v) is 5.20. The number of thiazole rings is 1. The highest BCUT2D eigenvalue weighted by molar-refractivity contribution is 7.12. The van der Waals surface area contributed by atoms with Gasteiger partial charge in [0.25, 0.3) is 0 Å². The zero-order chi connectivity index (χ0) is 12.1. The molecule has 0 radical (unpaired) electrons. The fraction of sp³-hybridized carbons (Fsp3) is 0.357. The van der Waals surface area contributed by atoms with Gasteiger partial charge in [-0.15, -0.1) is 11.3 Å². The molecule has 0 unspecified atom stereocenters. The zero-order valence-electron chi connectivity index (χ0n) is 10.1. The second-order valence-electron chi connectivity index (χ2n) is 4.03. The molecule has 2 aromatic rings. The van der Waals surface area contributed by atoms with Gasteiger partial charge in [-0.05, 0) is 25.8 Å². The van der Waals surface area contributed by atoms with Crippen LogP contribution in [0, 0.1) is 0 Å². The highest BCUT2D eigenvalue weighted by Crippen LogP contribution is 2.29. The Morgan fingerprint density at radius 2 is 1.94 bits per heavy atom. The topological polar surface area (TPSA) is 38.9 Å². The summed E-state index contributed by atoms with van der Waals surface area (Å²) in [7, 11) is 0. The Morgan fingerprint density at radius 1 is 1.18 bits per heavy atom. The van der Waals surface area contributed by atoms with Crippen LogP contribution in [0.15, 0.2) is 30.3 Å². The number of hydrogen-bond acceptors (Lipinski definition) is 3. The number of aromatic nitrogens is 1. The average molecular weight is 246 g/mol. The molecule has 0 saturated heterocycles. The van der Waals surface area contributed by atoms with Crippen LogP contribution in [-0.4, -0.2) is 11.5 Å². The average Bonchev–Trinajstić information content (AvgIpc) is 2.74. The molecule has 1 aromatic carbocycles. The first kappa shape index (κ1) is 12.3. The van der Waals surface area contributed by atoms with Crippen LogP contribution in [0.3, 0.4) is 0 Å². The van der Waals surface area contributed by atoms with Crippen LogP contribution in [0.4, 0.5) is 0 Å². The fourth-order valence-corrected chi connectivity index (χ4v) is 3.05. The summed E-state index contributed by atoms with van der Waals surface area (Å²) >= 11 is 1.81. The van der Waals surface area contributed by atoms with Crippen LogP contribution in [-0.2, 0) is 12.8 Å². The predicted octanol–water partition coefficient (Wildman–Crippen LogP) is 3.26. The van der Waals surface area contributed by atoms with Crippen LogP contribution in [0.25, 0.3) is 11.3 Å². The monoisotopic (exact) mass is 246 g/mol. The van der Waals surface area contributed by atoms with E-state index in [1.807, 2.05) is 17.4 Å². The van der Waals surface area contributed by atoms with E-state index < -0.39 is 0 Å². The first-order chi connectivity index (χ1) is 8.35. The molecule has 1 heterocycles. The number of benzene rings is 1. The van der Waals surface area contributed by atoms with Gasteiger partial charge < -0.3 is 5.73 Å². The molecule has 0 aliphatic rings. The lowest BCUT2D eigenvalue weighted by atomic mass is 10.1. The van der Waals surface area contributed by atoms with Gasteiger partial charge in [0.2, 0.25) is 0 Å². The Labute approximate surface area is 107 Å². The normalized spacial score (nSPS) is 10.7. The lowest BCUT2D eigenvalue weighted by Crippen LogP contribution is -2.02. The van der Waals surface area contributed by atoms with Gasteiger partial charge in [0.05, 0.1) is 10.7 Å². The maximum absolute atomic E-state index is 5.67. The molecule has 1 aromatic heterocycles. The molecule has 0 amide bonds. The minimum atomic E-state index is 0.688. The molecule has 0 saturated carbocycles. The molecule has 2 nitrogen and oxygen atoms in total. The van der Waals surface area contributed by atoms with Crippen molar-refractivity contribution in [2.75, 3.05) is 6.54 Å². The third kappa shape index (κ3) is 2.93. The van der Waals surface area contributed by atoms with Crippen LogP contribution in [0.5, 0.6) is 0 Å². The molecule has 0 atom stereocenters. The maximum atomic E-state index is 5.67. The summed E-state index contributed by atoms with van der Waals surface area (Å²) in [6, 6.07) is 10.4. The standard InChI is InChI=1S/C14H18N2S/c1-2-6-13-16-14(12(17-13)9-10-15)11-7-4-3-5-8-11/h3-5,7-8H,2,6,9-10,15H2,1H3. The SMILES string of the molecule is CCCc1nc(-c2ccccc2)c(CCN)s1. The van der Waals surface area contributed by atoms with Gasteiger partial charge in [0, 0.05) is 10.4 Å². The van der Waals surface area contributed by atoms with Crippen LogP contribution in [0.1, 0.15) is 23.2 Å². The molecule has 3 heteroatoms. The summed E-state index contributed by atoms with van der Waals surface area (Å²) in [5, 5.41) is 1.23. The van der Waals surface area contributed by atoms with Crippen molar-refractivity contribution in [3.05, 3.63) is 40.2 Å². The van der Waals surface area contributed by atoms with E-state index in [0.717, 1.165) is 25.0 Å². The number of rotatable bonds is 5. The van der Waals surface area contributed by atoms with Crippen LogP contribution >= 0.6 is 11.3 Å². The first-order valence-corrected chi connectivity index (χ1v) is 6.91. The van der Waals surface area contributed by atoms with Gasteiger partial charge in [0.1, 0.15) is 0 Å². The molecule has 2 N–H and O–H groups in total. The summed E-state index contributed by atoms with van der Waals surface area (Å²) in [4.78, 5) is 6.07. The smallest absolute Gasteiger partial charge is 0.0935 e. The van der Waals surface area contributed by atoms with Gasteiger partial charge in [-0.2, -0.15) is 0 Å². The predicted molar refractivity (Wildman–Crippen MR) is 74.3 cm³/mol. The number of nitrogens with zero attached hydrogens (tertiary/aromatic N) is 1. The van der Waals surface area contributed by atoms with E-state index in [9.17, 15) is 0 Å². The third-order valence-corrected chi connectivity index (χ3v) is 3.80. The van der Waals surface area contributed by atoms with E-state index in [2.05, 4.69) is 31.2 Å². The van der Waals surface area contributed by atoms with E-state index >= 15 is 0 Å². The molecule has 0 aliphatic carbocycles. The quantitative estimate of drug-likeness (QED) is 0.879. The van der Waals surface area contributed by atoms with Gasteiger partial charge in [-0.3, -0.25) is 0 Å². The van der Waals surface area contributed by atoms with E-state index in [1.54, 1.807) is 0 Å².